The molecule has 0 saturated heterocycles. The largest absolute Gasteiger partial charge is 0.229 e. The molecule has 0 rings (SSSR count). The second-order valence-corrected chi connectivity index (χ2v) is 6.92. The molecule has 4 heteroatoms. The third-order valence-electron chi connectivity index (χ3n) is 3.39. The molecule has 15 heavy (non-hydrogen) atoms. The fourth-order valence-electron chi connectivity index (χ4n) is 1.67. The lowest BCUT2D eigenvalue weighted by Gasteiger charge is -2.29. The molecule has 0 aliphatic carbocycles. The van der Waals surface area contributed by atoms with E-state index >= 15 is 0 Å². The van der Waals surface area contributed by atoms with Crippen LogP contribution in [0.5, 0.6) is 0 Å². The van der Waals surface area contributed by atoms with E-state index in [0.717, 1.165) is 25.7 Å². The summed E-state index contributed by atoms with van der Waals surface area (Å²) in [5, 5.41) is 0. The molecule has 0 aliphatic heterocycles. The molecule has 0 atom stereocenters. The Labute approximate surface area is 99.3 Å². The van der Waals surface area contributed by atoms with Crippen LogP contribution in [0, 0.1) is 5.41 Å². The average Bonchev–Trinajstić information content (AvgIpc) is 2.25. The second-order valence-electron chi connectivity index (χ2n) is 4.18. The normalized spacial score (nSPS) is 13.1. The molecule has 0 saturated carbocycles. The molecule has 92 valence electrons. The molecule has 0 bridgehead atoms. The van der Waals surface area contributed by atoms with Crippen molar-refractivity contribution in [2.45, 2.75) is 46.5 Å². The van der Waals surface area contributed by atoms with E-state index in [1.54, 1.807) is 6.92 Å². The van der Waals surface area contributed by atoms with Crippen LogP contribution in [0.3, 0.4) is 0 Å². The maximum Gasteiger partial charge on any atom is 0.150 e. The minimum absolute atomic E-state index is 0.144. The van der Waals surface area contributed by atoms with Gasteiger partial charge in [-0.2, -0.15) is 0 Å². The smallest absolute Gasteiger partial charge is 0.150 e. The van der Waals surface area contributed by atoms with Gasteiger partial charge < -0.3 is 0 Å². The zero-order valence-electron chi connectivity index (χ0n) is 10.1. The van der Waals surface area contributed by atoms with Crippen LogP contribution in [0.2, 0.25) is 0 Å². The highest BCUT2D eigenvalue weighted by molar-refractivity contribution is 7.91. The molecule has 0 N–H and O–H groups in total. The van der Waals surface area contributed by atoms with Gasteiger partial charge in [-0.15, -0.1) is 11.6 Å². The summed E-state index contributed by atoms with van der Waals surface area (Å²) < 4.78 is 22.6. The van der Waals surface area contributed by atoms with E-state index in [4.69, 9.17) is 11.6 Å². The van der Waals surface area contributed by atoms with Gasteiger partial charge >= 0.3 is 0 Å². The van der Waals surface area contributed by atoms with Crippen LogP contribution in [-0.4, -0.2) is 25.8 Å². The van der Waals surface area contributed by atoms with Crippen molar-refractivity contribution in [3.05, 3.63) is 0 Å². The Morgan fingerprint density at radius 3 is 2.00 bits per heavy atom. The fraction of sp³-hybridized carbons (Fsp3) is 1.00. The Morgan fingerprint density at radius 2 is 1.67 bits per heavy atom. The van der Waals surface area contributed by atoms with E-state index in [1.165, 1.54) is 0 Å². The first kappa shape index (κ1) is 15.2. The molecule has 0 aromatic heterocycles. The van der Waals surface area contributed by atoms with E-state index in [1.807, 2.05) is 0 Å². The zero-order valence-corrected chi connectivity index (χ0v) is 11.6. The summed E-state index contributed by atoms with van der Waals surface area (Å²) in [5.74, 6) is 1.19. The maximum absolute atomic E-state index is 11.3. The van der Waals surface area contributed by atoms with Gasteiger partial charge in [0.2, 0.25) is 0 Å². The number of rotatable bonds is 8. The molecule has 0 aromatic carbocycles. The van der Waals surface area contributed by atoms with Crippen molar-refractivity contribution in [2.75, 3.05) is 17.4 Å². The summed E-state index contributed by atoms with van der Waals surface area (Å²) in [4.78, 5) is 0. The van der Waals surface area contributed by atoms with Crippen molar-refractivity contribution < 1.29 is 8.42 Å². The molecule has 0 unspecified atom stereocenters. The number of alkyl halides is 1. The van der Waals surface area contributed by atoms with Gasteiger partial charge in [0.1, 0.15) is 9.84 Å². The molecule has 0 aromatic rings. The Hall–Kier alpha value is 0.240. The first-order valence-corrected chi connectivity index (χ1v) is 8.07. The Balaban J connectivity index is 4.13. The highest BCUT2D eigenvalue weighted by atomic mass is 35.5. The van der Waals surface area contributed by atoms with Crippen LogP contribution in [0.25, 0.3) is 0 Å². The number of halogens is 1. The Morgan fingerprint density at radius 1 is 1.13 bits per heavy atom. The van der Waals surface area contributed by atoms with Crippen molar-refractivity contribution in [1.29, 1.82) is 0 Å². The first-order chi connectivity index (χ1) is 6.95. The van der Waals surface area contributed by atoms with Crippen LogP contribution >= 0.6 is 11.6 Å². The number of hydrogen-bond donors (Lipinski definition) is 0. The van der Waals surface area contributed by atoms with Gasteiger partial charge in [0.15, 0.2) is 0 Å². The third kappa shape index (κ3) is 5.21. The van der Waals surface area contributed by atoms with E-state index < -0.39 is 9.84 Å². The maximum atomic E-state index is 11.3. The molecular weight excluding hydrogens is 232 g/mol. The van der Waals surface area contributed by atoms with Gasteiger partial charge in [-0.3, -0.25) is 0 Å². The summed E-state index contributed by atoms with van der Waals surface area (Å²) in [6.45, 7) is 5.95. The van der Waals surface area contributed by atoms with E-state index in [9.17, 15) is 8.42 Å². The third-order valence-corrected chi connectivity index (χ3v) is 5.74. The topological polar surface area (TPSA) is 34.1 Å². The van der Waals surface area contributed by atoms with Gasteiger partial charge in [0.05, 0.1) is 5.75 Å². The molecule has 2 nitrogen and oxygen atoms in total. The van der Waals surface area contributed by atoms with Crippen LogP contribution in [0.4, 0.5) is 0 Å². The number of sulfone groups is 1. The number of hydrogen-bond acceptors (Lipinski definition) is 2. The van der Waals surface area contributed by atoms with E-state index in [-0.39, 0.29) is 11.2 Å². The fourth-order valence-corrected chi connectivity index (χ4v) is 3.06. The van der Waals surface area contributed by atoms with Gasteiger partial charge in [0, 0.05) is 11.6 Å². The van der Waals surface area contributed by atoms with Crippen molar-refractivity contribution in [3.8, 4) is 0 Å². The van der Waals surface area contributed by atoms with Crippen molar-refractivity contribution in [3.63, 3.8) is 0 Å². The average molecular weight is 255 g/mol. The summed E-state index contributed by atoms with van der Waals surface area (Å²) in [7, 11) is -2.81. The summed E-state index contributed by atoms with van der Waals surface area (Å²) in [5.41, 5.74) is 0.144. The van der Waals surface area contributed by atoms with E-state index in [0.29, 0.717) is 11.6 Å². The minimum Gasteiger partial charge on any atom is -0.229 e. The monoisotopic (exact) mass is 254 g/mol. The van der Waals surface area contributed by atoms with Crippen molar-refractivity contribution >= 4 is 21.4 Å². The lowest BCUT2D eigenvalue weighted by Crippen LogP contribution is -2.22. The van der Waals surface area contributed by atoms with Gasteiger partial charge in [0.25, 0.3) is 0 Å². The summed E-state index contributed by atoms with van der Waals surface area (Å²) in [6, 6.07) is 0. The predicted molar refractivity (Wildman–Crippen MR) is 67.3 cm³/mol. The van der Waals surface area contributed by atoms with Gasteiger partial charge in [-0.05, 0) is 31.1 Å². The molecule has 0 radical (unpaired) electrons. The standard InChI is InChI=1S/C11H23ClO2S/c1-4-11(5-2,10-12)8-7-9-15(13,14)6-3/h4-10H2,1-3H3. The summed E-state index contributed by atoms with van der Waals surface area (Å²) in [6.07, 6.45) is 3.71. The molecule has 0 spiro atoms. The lowest BCUT2D eigenvalue weighted by molar-refractivity contribution is 0.276. The SMILES string of the molecule is CCC(CC)(CCl)CCCS(=O)(=O)CC. The molecule has 0 heterocycles. The van der Waals surface area contributed by atoms with Gasteiger partial charge in [-0.25, -0.2) is 8.42 Å². The molecule has 0 amide bonds. The predicted octanol–water partition coefficient (Wildman–Crippen LogP) is 3.25. The van der Waals surface area contributed by atoms with Crippen molar-refractivity contribution in [2.24, 2.45) is 5.41 Å². The Bertz CT molecular complexity index is 247. The van der Waals surface area contributed by atoms with Crippen molar-refractivity contribution in [1.82, 2.24) is 0 Å². The summed E-state index contributed by atoms with van der Waals surface area (Å²) >= 11 is 5.96. The second kappa shape index (κ2) is 6.74. The molecule has 0 fully saturated rings. The molecule has 0 aliphatic rings. The van der Waals surface area contributed by atoms with Crippen LogP contribution in [0.15, 0.2) is 0 Å². The first-order valence-electron chi connectivity index (χ1n) is 5.71. The van der Waals surface area contributed by atoms with Gasteiger partial charge in [-0.1, -0.05) is 20.8 Å². The van der Waals surface area contributed by atoms with Crippen LogP contribution in [-0.2, 0) is 9.84 Å². The molecular formula is C11H23ClO2S. The zero-order chi connectivity index (χ0) is 11.9. The van der Waals surface area contributed by atoms with E-state index in [2.05, 4.69) is 13.8 Å². The quantitative estimate of drug-likeness (QED) is 0.623. The minimum atomic E-state index is -2.81. The lowest BCUT2D eigenvalue weighted by atomic mass is 9.80. The highest BCUT2D eigenvalue weighted by Crippen LogP contribution is 2.33. The highest BCUT2D eigenvalue weighted by Gasteiger charge is 2.25. The van der Waals surface area contributed by atoms with Crippen LogP contribution < -0.4 is 0 Å². The van der Waals surface area contributed by atoms with Crippen LogP contribution in [0.1, 0.15) is 46.5 Å². The Kier molecular flexibility index (Phi) is 6.85.